The zero-order valence-corrected chi connectivity index (χ0v) is 12.2. The van der Waals surface area contributed by atoms with Crippen LogP contribution in [0.3, 0.4) is 0 Å². The van der Waals surface area contributed by atoms with Crippen molar-refractivity contribution in [2.45, 2.75) is 39.0 Å². The van der Waals surface area contributed by atoms with Gasteiger partial charge in [0.2, 0.25) is 0 Å². The highest BCUT2D eigenvalue weighted by atomic mass is 16.5. The lowest BCUT2D eigenvalue weighted by atomic mass is 9.88. The van der Waals surface area contributed by atoms with Crippen LogP contribution in [0, 0.1) is 0 Å². The third-order valence-corrected chi connectivity index (χ3v) is 3.71. The molecule has 0 amide bonds. The normalized spacial score (nSPS) is 13.9. The molecule has 0 atom stereocenters. The first-order valence-electron chi connectivity index (χ1n) is 7.42. The molecule has 0 fully saturated rings. The molecule has 104 valence electrons. The number of hydrogen-bond acceptors (Lipinski definition) is 2. The smallest absolute Gasteiger partial charge is 0.122 e. The molecule has 1 aliphatic rings. The van der Waals surface area contributed by atoms with Gasteiger partial charge in [-0.3, -0.25) is 0 Å². The van der Waals surface area contributed by atoms with E-state index in [4.69, 9.17) is 4.74 Å². The summed E-state index contributed by atoms with van der Waals surface area (Å²) in [6, 6.07) is 6.42. The summed E-state index contributed by atoms with van der Waals surface area (Å²) in [5.74, 6) is 1.05. The minimum Gasteiger partial charge on any atom is -0.496 e. The second-order valence-corrected chi connectivity index (χ2v) is 5.11. The lowest BCUT2D eigenvalue weighted by Crippen LogP contribution is -2.16. The van der Waals surface area contributed by atoms with E-state index in [9.17, 15) is 0 Å². The largest absolute Gasteiger partial charge is 0.496 e. The van der Waals surface area contributed by atoms with E-state index < -0.39 is 0 Å². The first-order valence-corrected chi connectivity index (χ1v) is 7.42. The molecule has 0 aliphatic heterocycles. The molecule has 1 aromatic rings. The maximum atomic E-state index is 5.48. The van der Waals surface area contributed by atoms with Crippen molar-refractivity contribution in [2.24, 2.45) is 0 Å². The van der Waals surface area contributed by atoms with Gasteiger partial charge >= 0.3 is 0 Å². The number of benzene rings is 1. The maximum Gasteiger partial charge on any atom is 0.122 e. The van der Waals surface area contributed by atoms with Crippen molar-refractivity contribution in [1.29, 1.82) is 0 Å². The van der Waals surface area contributed by atoms with Crippen molar-refractivity contribution >= 4 is 5.57 Å². The van der Waals surface area contributed by atoms with Gasteiger partial charge in [0, 0.05) is 5.56 Å². The van der Waals surface area contributed by atoms with Gasteiger partial charge in [-0.2, -0.15) is 0 Å². The van der Waals surface area contributed by atoms with Crippen LogP contribution in [0.1, 0.15) is 43.7 Å². The van der Waals surface area contributed by atoms with Gasteiger partial charge in [0.15, 0.2) is 0 Å². The van der Waals surface area contributed by atoms with Crippen molar-refractivity contribution in [1.82, 2.24) is 5.32 Å². The molecule has 0 radical (unpaired) electrons. The summed E-state index contributed by atoms with van der Waals surface area (Å²) in [5, 5.41) is 3.47. The second-order valence-electron chi connectivity index (χ2n) is 5.11. The predicted octanol–water partition coefficient (Wildman–Crippen LogP) is 3.80. The van der Waals surface area contributed by atoms with E-state index in [0.717, 1.165) is 38.1 Å². The molecular weight excluding hydrogens is 234 g/mol. The molecule has 1 aromatic carbocycles. The number of fused-ring (bicyclic) bond motifs is 1. The Hall–Kier alpha value is -1.28. The van der Waals surface area contributed by atoms with Gasteiger partial charge < -0.3 is 10.1 Å². The van der Waals surface area contributed by atoms with Crippen LogP contribution in [-0.4, -0.2) is 20.2 Å². The zero-order valence-electron chi connectivity index (χ0n) is 12.2. The SMILES string of the molecule is CCCNCCCC1=CCCc2c(OC)cccc21. The highest BCUT2D eigenvalue weighted by molar-refractivity contribution is 5.72. The summed E-state index contributed by atoms with van der Waals surface area (Å²) in [6.45, 7) is 4.45. The number of nitrogens with one attached hydrogen (secondary N) is 1. The lowest BCUT2D eigenvalue weighted by molar-refractivity contribution is 0.409. The Morgan fingerprint density at radius 2 is 2.16 bits per heavy atom. The first-order chi connectivity index (χ1) is 9.36. The average Bonchev–Trinajstić information content (AvgIpc) is 2.46. The van der Waals surface area contributed by atoms with Crippen LogP contribution in [0.2, 0.25) is 0 Å². The fourth-order valence-electron chi connectivity index (χ4n) is 2.76. The highest BCUT2D eigenvalue weighted by Crippen LogP contribution is 2.34. The Kier molecular flexibility index (Phi) is 5.46. The van der Waals surface area contributed by atoms with Crippen LogP contribution in [0.4, 0.5) is 0 Å². The first kappa shape index (κ1) is 14.1. The Bertz CT molecular complexity index is 437. The van der Waals surface area contributed by atoms with Crippen LogP contribution in [-0.2, 0) is 6.42 Å². The standard InChI is InChI=1S/C17H25NO/c1-3-12-18-13-6-8-14-7-4-10-16-15(14)9-5-11-17(16)19-2/h5,7,9,11,18H,3-4,6,8,10,12-13H2,1-2H3. The van der Waals surface area contributed by atoms with Crippen LogP contribution in [0.25, 0.3) is 5.57 Å². The molecule has 0 aromatic heterocycles. The zero-order chi connectivity index (χ0) is 13.5. The molecule has 2 heteroatoms. The van der Waals surface area contributed by atoms with E-state index in [1.807, 2.05) is 0 Å². The molecule has 0 heterocycles. The number of rotatable bonds is 7. The van der Waals surface area contributed by atoms with Gasteiger partial charge in [-0.1, -0.05) is 25.1 Å². The minimum absolute atomic E-state index is 1.05. The van der Waals surface area contributed by atoms with E-state index in [1.165, 1.54) is 29.5 Å². The molecule has 0 bridgehead atoms. The molecule has 2 nitrogen and oxygen atoms in total. The summed E-state index contributed by atoms with van der Waals surface area (Å²) >= 11 is 0. The molecule has 1 aliphatic carbocycles. The Balaban J connectivity index is 1.98. The van der Waals surface area contributed by atoms with Crippen molar-refractivity contribution in [3.05, 3.63) is 35.4 Å². The summed E-state index contributed by atoms with van der Waals surface area (Å²) in [7, 11) is 1.77. The fourth-order valence-corrected chi connectivity index (χ4v) is 2.76. The number of allylic oxidation sites excluding steroid dienone is 2. The van der Waals surface area contributed by atoms with E-state index in [0.29, 0.717) is 0 Å². The van der Waals surface area contributed by atoms with Gasteiger partial charge in [-0.25, -0.2) is 0 Å². The Morgan fingerprint density at radius 3 is 2.95 bits per heavy atom. The molecule has 1 N–H and O–H groups in total. The average molecular weight is 259 g/mol. The number of methoxy groups -OCH3 is 1. The molecule has 0 spiro atoms. The summed E-state index contributed by atoms with van der Waals surface area (Å²) < 4.78 is 5.48. The molecule has 2 rings (SSSR count). The van der Waals surface area contributed by atoms with E-state index in [-0.39, 0.29) is 0 Å². The van der Waals surface area contributed by atoms with Gasteiger partial charge in [0.25, 0.3) is 0 Å². The van der Waals surface area contributed by atoms with E-state index >= 15 is 0 Å². The maximum absolute atomic E-state index is 5.48. The summed E-state index contributed by atoms with van der Waals surface area (Å²) in [5.41, 5.74) is 4.29. The second kappa shape index (κ2) is 7.34. The fraction of sp³-hybridized carbons (Fsp3) is 0.529. The van der Waals surface area contributed by atoms with E-state index in [2.05, 4.69) is 36.5 Å². The number of ether oxygens (including phenoxy) is 1. The van der Waals surface area contributed by atoms with Gasteiger partial charge in [0.1, 0.15) is 5.75 Å². The van der Waals surface area contributed by atoms with Crippen LogP contribution < -0.4 is 10.1 Å². The molecule has 0 saturated carbocycles. The molecular formula is C17H25NO. The van der Waals surface area contributed by atoms with Crippen molar-refractivity contribution in [3.63, 3.8) is 0 Å². The van der Waals surface area contributed by atoms with Crippen molar-refractivity contribution in [3.8, 4) is 5.75 Å². The van der Waals surface area contributed by atoms with Crippen LogP contribution in [0.5, 0.6) is 5.75 Å². The van der Waals surface area contributed by atoms with Crippen LogP contribution >= 0.6 is 0 Å². The topological polar surface area (TPSA) is 21.3 Å². The van der Waals surface area contributed by atoms with Crippen molar-refractivity contribution in [2.75, 3.05) is 20.2 Å². The Morgan fingerprint density at radius 1 is 1.26 bits per heavy atom. The minimum atomic E-state index is 1.05. The lowest BCUT2D eigenvalue weighted by Gasteiger charge is -2.20. The van der Waals surface area contributed by atoms with Gasteiger partial charge in [-0.05, 0) is 62.4 Å². The third kappa shape index (κ3) is 3.60. The van der Waals surface area contributed by atoms with Gasteiger partial charge in [0.05, 0.1) is 7.11 Å². The molecule has 0 unspecified atom stereocenters. The molecule has 0 saturated heterocycles. The summed E-state index contributed by atoms with van der Waals surface area (Å²) in [6.07, 6.45) is 8.24. The predicted molar refractivity (Wildman–Crippen MR) is 81.7 cm³/mol. The Labute approximate surface area is 116 Å². The van der Waals surface area contributed by atoms with Crippen LogP contribution in [0.15, 0.2) is 24.3 Å². The van der Waals surface area contributed by atoms with Gasteiger partial charge in [-0.15, -0.1) is 0 Å². The quantitative estimate of drug-likeness (QED) is 0.752. The number of hydrogen-bond donors (Lipinski definition) is 1. The summed E-state index contributed by atoms with van der Waals surface area (Å²) in [4.78, 5) is 0. The molecule has 19 heavy (non-hydrogen) atoms. The van der Waals surface area contributed by atoms with E-state index in [1.54, 1.807) is 7.11 Å². The van der Waals surface area contributed by atoms with Crippen molar-refractivity contribution < 1.29 is 4.74 Å². The third-order valence-electron chi connectivity index (χ3n) is 3.71. The highest BCUT2D eigenvalue weighted by Gasteiger charge is 2.15. The monoisotopic (exact) mass is 259 g/mol.